The lowest BCUT2D eigenvalue weighted by Gasteiger charge is -2.01. The number of nitrogens with zero attached hydrogens (tertiary/aromatic N) is 3. The number of nitrogens with one attached hydrogen (secondary N) is 1. The van der Waals surface area contributed by atoms with Gasteiger partial charge in [-0.3, -0.25) is 9.89 Å². The lowest BCUT2D eigenvalue weighted by Crippen LogP contribution is -2.04. The predicted octanol–water partition coefficient (Wildman–Crippen LogP) is 3.41. The van der Waals surface area contributed by atoms with E-state index < -0.39 is 0 Å². The maximum absolute atomic E-state index is 12.4. The summed E-state index contributed by atoms with van der Waals surface area (Å²) in [5, 5.41) is 7.65. The summed E-state index contributed by atoms with van der Waals surface area (Å²) in [6.45, 7) is 3.95. The summed E-state index contributed by atoms with van der Waals surface area (Å²) in [4.78, 5) is 16.9. The number of aromatic nitrogens is 4. The Labute approximate surface area is 150 Å². The van der Waals surface area contributed by atoms with Crippen LogP contribution in [0.5, 0.6) is 5.75 Å². The second-order valence-corrected chi connectivity index (χ2v) is 6.69. The number of thioether (sulfide) groups is 1. The van der Waals surface area contributed by atoms with Crippen molar-refractivity contribution in [1.29, 1.82) is 0 Å². The number of aromatic amines is 1. The van der Waals surface area contributed by atoms with Crippen molar-refractivity contribution in [3.05, 3.63) is 47.3 Å². The molecule has 2 heterocycles. The van der Waals surface area contributed by atoms with Crippen LogP contribution in [-0.2, 0) is 7.05 Å². The fourth-order valence-electron chi connectivity index (χ4n) is 2.53. The highest BCUT2D eigenvalue weighted by molar-refractivity contribution is 7.99. The number of carbonyl (C=O) groups excluding carboxylic acids is 1. The molecule has 0 saturated heterocycles. The van der Waals surface area contributed by atoms with Gasteiger partial charge in [0.2, 0.25) is 5.16 Å². The summed E-state index contributed by atoms with van der Waals surface area (Å²) in [7, 11) is 3.59. The monoisotopic (exact) mass is 356 g/mol. The highest BCUT2D eigenvalue weighted by atomic mass is 32.2. The third-order valence-corrected chi connectivity index (χ3v) is 5.08. The van der Waals surface area contributed by atoms with Gasteiger partial charge in [0, 0.05) is 29.6 Å². The zero-order chi connectivity index (χ0) is 18.0. The summed E-state index contributed by atoms with van der Waals surface area (Å²) >= 11 is 1.33. The molecule has 25 heavy (non-hydrogen) atoms. The normalized spacial score (nSPS) is 10.9. The Morgan fingerprint density at radius 1 is 1.28 bits per heavy atom. The number of aryl methyl sites for hydroxylation is 1. The van der Waals surface area contributed by atoms with Gasteiger partial charge in [-0.1, -0.05) is 11.8 Å². The van der Waals surface area contributed by atoms with E-state index in [9.17, 15) is 4.79 Å². The molecule has 0 spiro atoms. The van der Waals surface area contributed by atoms with Crippen molar-refractivity contribution in [2.45, 2.75) is 19.0 Å². The molecule has 0 unspecified atom stereocenters. The molecule has 7 heteroatoms. The average Bonchev–Trinajstić information content (AvgIpc) is 3.20. The molecule has 0 radical (unpaired) electrons. The number of hydrogen-bond donors (Lipinski definition) is 1. The Hall–Kier alpha value is -2.54. The van der Waals surface area contributed by atoms with Crippen molar-refractivity contribution in [2.24, 2.45) is 7.05 Å². The molecule has 0 amide bonds. The first-order chi connectivity index (χ1) is 12.0. The Morgan fingerprint density at radius 2 is 2.00 bits per heavy atom. The molecule has 0 fully saturated rings. The second-order valence-electron chi connectivity index (χ2n) is 5.75. The summed E-state index contributed by atoms with van der Waals surface area (Å²) in [6.07, 6.45) is 0. The van der Waals surface area contributed by atoms with Gasteiger partial charge in [0.05, 0.1) is 12.9 Å². The minimum Gasteiger partial charge on any atom is -0.497 e. The smallest absolute Gasteiger partial charge is 0.209 e. The molecule has 0 aliphatic heterocycles. The fourth-order valence-corrected chi connectivity index (χ4v) is 3.22. The van der Waals surface area contributed by atoms with Crippen LogP contribution in [0.15, 0.2) is 35.5 Å². The van der Waals surface area contributed by atoms with Crippen LogP contribution in [0, 0.1) is 13.8 Å². The Bertz CT molecular complexity index is 896. The summed E-state index contributed by atoms with van der Waals surface area (Å²) in [5.41, 5.74) is 3.74. The molecule has 0 atom stereocenters. The van der Waals surface area contributed by atoms with E-state index in [2.05, 4.69) is 15.2 Å². The maximum Gasteiger partial charge on any atom is 0.209 e. The van der Waals surface area contributed by atoms with Crippen molar-refractivity contribution in [3.8, 4) is 17.1 Å². The third kappa shape index (κ3) is 3.61. The van der Waals surface area contributed by atoms with Crippen LogP contribution >= 0.6 is 11.8 Å². The standard InChI is InChI=1S/C18H20N4O2S/c1-11-9-15(12(2)22(11)3)16(23)10-25-18-19-17(20-21-18)13-5-7-14(24-4)8-6-13/h5-9H,10H2,1-4H3,(H,19,20,21). The molecule has 0 aliphatic carbocycles. The minimum absolute atomic E-state index is 0.0852. The first kappa shape index (κ1) is 17.3. The number of ketones is 1. The first-order valence-electron chi connectivity index (χ1n) is 7.85. The molecule has 0 bridgehead atoms. The van der Waals surface area contributed by atoms with E-state index in [1.165, 1.54) is 11.8 Å². The molecule has 130 valence electrons. The molecule has 3 rings (SSSR count). The molecule has 1 aromatic carbocycles. The minimum atomic E-state index is 0.0852. The summed E-state index contributed by atoms with van der Waals surface area (Å²) < 4.78 is 7.17. The van der Waals surface area contributed by atoms with Crippen molar-refractivity contribution in [3.63, 3.8) is 0 Å². The topological polar surface area (TPSA) is 72.8 Å². The maximum atomic E-state index is 12.4. The lowest BCUT2D eigenvalue weighted by atomic mass is 10.2. The van der Waals surface area contributed by atoms with Crippen molar-refractivity contribution >= 4 is 17.5 Å². The number of methoxy groups -OCH3 is 1. The number of Topliss-reactive ketones (excluding diaryl/α,β-unsaturated/α-hetero) is 1. The van der Waals surface area contributed by atoms with Crippen molar-refractivity contribution < 1.29 is 9.53 Å². The van der Waals surface area contributed by atoms with E-state index in [0.29, 0.717) is 16.7 Å². The van der Waals surface area contributed by atoms with Crippen molar-refractivity contribution in [2.75, 3.05) is 12.9 Å². The van der Waals surface area contributed by atoms with Crippen LogP contribution < -0.4 is 4.74 Å². The molecule has 2 aromatic heterocycles. The van der Waals surface area contributed by atoms with Crippen LogP contribution in [0.4, 0.5) is 0 Å². The first-order valence-corrected chi connectivity index (χ1v) is 8.84. The Morgan fingerprint density at radius 3 is 2.60 bits per heavy atom. The number of H-pyrrole nitrogens is 1. The second kappa shape index (κ2) is 7.14. The average molecular weight is 356 g/mol. The number of benzene rings is 1. The van der Waals surface area contributed by atoms with Crippen LogP contribution in [0.3, 0.4) is 0 Å². The fraction of sp³-hybridized carbons (Fsp3) is 0.278. The van der Waals surface area contributed by atoms with Crippen molar-refractivity contribution in [1.82, 2.24) is 19.7 Å². The molecular weight excluding hydrogens is 336 g/mol. The quantitative estimate of drug-likeness (QED) is 0.541. The van der Waals surface area contributed by atoms with E-state index >= 15 is 0 Å². The molecule has 6 nitrogen and oxygen atoms in total. The van der Waals surface area contributed by atoms with Gasteiger partial charge in [-0.15, -0.1) is 5.10 Å². The molecular formula is C18H20N4O2S. The highest BCUT2D eigenvalue weighted by Gasteiger charge is 2.15. The summed E-state index contributed by atoms with van der Waals surface area (Å²) in [5.74, 6) is 1.85. The number of hydrogen-bond acceptors (Lipinski definition) is 5. The van der Waals surface area contributed by atoms with Gasteiger partial charge in [0.25, 0.3) is 0 Å². The predicted molar refractivity (Wildman–Crippen MR) is 98.3 cm³/mol. The summed E-state index contributed by atoms with van der Waals surface area (Å²) in [6, 6.07) is 9.49. The molecule has 3 aromatic rings. The van der Waals surface area contributed by atoms with E-state index in [1.807, 2.05) is 55.8 Å². The zero-order valence-electron chi connectivity index (χ0n) is 14.7. The van der Waals surface area contributed by atoms with E-state index in [-0.39, 0.29) is 5.78 Å². The van der Waals surface area contributed by atoms with Gasteiger partial charge in [-0.05, 0) is 44.2 Å². The number of carbonyl (C=O) groups is 1. The SMILES string of the molecule is COc1ccc(-c2nc(SCC(=O)c3cc(C)n(C)c3C)n[nH]2)cc1. The van der Waals surface area contributed by atoms with E-state index in [1.54, 1.807) is 7.11 Å². The van der Waals surface area contributed by atoms with E-state index in [0.717, 1.165) is 28.3 Å². The van der Waals surface area contributed by atoms with Crippen LogP contribution in [-0.4, -0.2) is 38.4 Å². The van der Waals surface area contributed by atoms with Crippen LogP contribution in [0.1, 0.15) is 21.7 Å². The lowest BCUT2D eigenvalue weighted by molar-refractivity contribution is 0.102. The number of rotatable bonds is 6. The van der Waals surface area contributed by atoms with Gasteiger partial charge in [0.15, 0.2) is 11.6 Å². The Balaban J connectivity index is 1.67. The van der Waals surface area contributed by atoms with Crippen LogP contribution in [0.2, 0.25) is 0 Å². The Kier molecular flexibility index (Phi) is 4.94. The van der Waals surface area contributed by atoms with Gasteiger partial charge in [-0.25, -0.2) is 4.98 Å². The molecule has 1 N–H and O–H groups in total. The third-order valence-electron chi connectivity index (χ3n) is 4.24. The van der Waals surface area contributed by atoms with Gasteiger partial charge in [0.1, 0.15) is 5.75 Å². The molecule has 0 aliphatic rings. The van der Waals surface area contributed by atoms with E-state index in [4.69, 9.17) is 4.74 Å². The zero-order valence-corrected chi connectivity index (χ0v) is 15.5. The van der Waals surface area contributed by atoms with Crippen LogP contribution in [0.25, 0.3) is 11.4 Å². The van der Waals surface area contributed by atoms with Gasteiger partial charge in [-0.2, -0.15) is 0 Å². The highest BCUT2D eigenvalue weighted by Crippen LogP contribution is 2.23. The largest absolute Gasteiger partial charge is 0.497 e. The van der Waals surface area contributed by atoms with Gasteiger partial charge < -0.3 is 9.30 Å². The van der Waals surface area contributed by atoms with Gasteiger partial charge >= 0.3 is 0 Å². The number of ether oxygens (including phenoxy) is 1. The molecule has 0 saturated carbocycles.